The SMILES string of the molecule is CC1(C)CC(O)CCN(C(=O)Cc2ccccc2C(F)(F)F)C1. The predicted octanol–water partition coefficient (Wildman–Crippen LogP) is 3.26. The highest BCUT2D eigenvalue weighted by molar-refractivity contribution is 5.79. The minimum absolute atomic E-state index is 0.00685. The van der Waals surface area contributed by atoms with Gasteiger partial charge in [-0.15, -0.1) is 0 Å². The Morgan fingerprint density at radius 1 is 1.35 bits per heavy atom. The summed E-state index contributed by atoms with van der Waals surface area (Å²) in [6.07, 6.45) is -4.19. The van der Waals surface area contributed by atoms with Crippen LogP contribution >= 0.6 is 0 Å². The number of alkyl halides is 3. The summed E-state index contributed by atoms with van der Waals surface area (Å²) in [6.45, 7) is 4.71. The van der Waals surface area contributed by atoms with E-state index in [2.05, 4.69) is 0 Å². The molecule has 1 aliphatic rings. The first-order chi connectivity index (χ1) is 10.6. The molecule has 0 aliphatic carbocycles. The van der Waals surface area contributed by atoms with E-state index in [0.717, 1.165) is 6.07 Å². The monoisotopic (exact) mass is 329 g/mol. The molecule has 1 N–H and O–H groups in total. The second-order valence-corrected chi connectivity index (χ2v) is 6.96. The number of amides is 1. The molecule has 23 heavy (non-hydrogen) atoms. The molecule has 1 unspecified atom stereocenters. The Morgan fingerprint density at radius 3 is 2.65 bits per heavy atom. The molecule has 2 rings (SSSR count). The number of carbonyl (C=O) groups is 1. The maximum Gasteiger partial charge on any atom is 0.416 e. The molecule has 6 heteroatoms. The van der Waals surface area contributed by atoms with Crippen molar-refractivity contribution in [1.29, 1.82) is 0 Å². The van der Waals surface area contributed by atoms with Crippen LogP contribution in [0.25, 0.3) is 0 Å². The van der Waals surface area contributed by atoms with Crippen molar-refractivity contribution in [2.24, 2.45) is 5.41 Å². The fourth-order valence-corrected chi connectivity index (χ4v) is 3.14. The van der Waals surface area contributed by atoms with E-state index in [1.807, 2.05) is 13.8 Å². The van der Waals surface area contributed by atoms with Gasteiger partial charge in [0.15, 0.2) is 0 Å². The van der Waals surface area contributed by atoms with Crippen LogP contribution in [-0.2, 0) is 17.4 Å². The molecule has 1 aliphatic heterocycles. The van der Waals surface area contributed by atoms with Crippen LogP contribution in [0.15, 0.2) is 24.3 Å². The number of likely N-dealkylation sites (tertiary alicyclic amines) is 1. The normalized spacial score (nSPS) is 21.8. The van der Waals surface area contributed by atoms with Gasteiger partial charge in [0, 0.05) is 13.1 Å². The van der Waals surface area contributed by atoms with E-state index in [-0.39, 0.29) is 23.3 Å². The van der Waals surface area contributed by atoms with Gasteiger partial charge >= 0.3 is 6.18 Å². The first kappa shape index (κ1) is 17.8. The number of hydrogen-bond acceptors (Lipinski definition) is 2. The molecule has 1 saturated heterocycles. The smallest absolute Gasteiger partial charge is 0.393 e. The second-order valence-electron chi connectivity index (χ2n) is 6.96. The summed E-state index contributed by atoms with van der Waals surface area (Å²) in [5.41, 5.74) is -1.02. The van der Waals surface area contributed by atoms with Crippen molar-refractivity contribution >= 4 is 5.91 Å². The lowest BCUT2D eigenvalue weighted by Crippen LogP contribution is -2.38. The molecule has 0 spiro atoms. The lowest BCUT2D eigenvalue weighted by molar-refractivity contribution is -0.138. The van der Waals surface area contributed by atoms with Crippen molar-refractivity contribution in [2.75, 3.05) is 13.1 Å². The summed E-state index contributed by atoms with van der Waals surface area (Å²) in [6, 6.07) is 5.17. The number of nitrogens with zero attached hydrogens (tertiary/aromatic N) is 1. The number of hydrogen-bond donors (Lipinski definition) is 1. The van der Waals surface area contributed by atoms with Crippen LogP contribution in [0.2, 0.25) is 0 Å². The predicted molar refractivity (Wildman–Crippen MR) is 80.7 cm³/mol. The molecule has 0 aromatic heterocycles. The molecule has 0 radical (unpaired) electrons. The fourth-order valence-electron chi connectivity index (χ4n) is 3.14. The second kappa shape index (κ2) is 6.51. The van der Waals surface area contributed by atoms with E-state index in [4.69, 9.17) is 0 Å². The molecule has 1 amide bonds. The Balaban J connectivity index is 2.16. The van der Waals surface area contributed by atoms with E-state index >= 15 is 0 Å². The third-order valence-corrected chi connectivity index (χ3v) is 4.16. The quantitative estimate of drug-likeness (QED) is 0.905. The number of aliphatic hydroxyl groups is 1. The molecule has 1 heterocycles. The largest absolute Gasteiger partial charge is 0.416 e. The standard InChI is InChI=1S/C17H22F3NO2/c1-16(2)10-13(22)7-8-21(11-16)15(23)9-12-5-3-4-6-14(12)17(18,19)20/h3-6,13,22H,7-11H2,1-2H3. The summed E-state index contributed by atoms with van der Waals surface area (Å²) in [7, 11) is 0. The third kappa shape index (κ3) is 4.70. The number of carbonyl (C=O) groups excluding carboxylic acids is 1. The molecule has 3 nitrogen and oxygen atoms in total. The number of aliphatic hydroxyl groups excluding tert-OH is 1. The van der Waals surface area contributed by atoms with E-state index in [1.54, 1.807) is 4.90 Å². The topological polar surface area (TPSA) is 40.5 Å². The van der Waals surface area contributed by atoms with Crippen LogP contribution in [-0.4, -0.2) is 35.1 Å². The average Bonchev–Trinajstić information content (AvgIpc) is 2.55. The van der Waals surface area contributed by atoms with E-state index < -0.39 is 17.8 Å². The summed E-state index contributed by atoms with van der Waals surface area (Å²) < 4.78 is 39.1. The van der Waals surface area contributed by atoms with Crippen molar-refractivity contribution in [3.8, 4) is 0 Å². The summed E-state index contributed by atoms with van der Waals surface area (Å²) in [5.74, 6) is -0.330. The molecule has 1 aromatic rings. The van der Waals surface area contributed by atoms with Crippen molar-refractivity contribution in [1.82, 2.24) is 4.90 Å². The van der Waals surface area contributed by atoms with Gasteiger partial charge in [-0.1, -0.05) is 32.0 Å². The van der Waals surface area contributed by atoms with Gasteiger partial charge in [-0.2, -0.15) is 13.2 Å². The van der Waals surface area contributed by atoms with Crippen molar-refractivity contribution in [3.63, 3.8) is 0 Å². The minimum atomic E-state index is -4.47. The maximum absolute atomic E-state index is 13.0. The van der Waals surface area contributed by atoms with Crippen molar-refractivity contribution in [3.05, 3.63) is 35.4 Å². The van der Waals surface area contributed by atoms with Gasteiger partial charge in [-0.25, -0.2) is 0 Å². The Hall–Kier alpha value is -1.56. The van der Waals surface area contributed by atoms with E-state index in [0.29, 0.717) is 25.9 Å². The molecular weight excluding hydrogens is 307 g/mol. The number of benzene rings is 1. The Labute approximate surface area is 134 Å². The van der Waals surface area contributed by atoms with Crippen LogP contribution in [0.4, 0.5) is 13.2 Å². The third-order valence-electron chi connectivity index (χ3n) is 4.16. The summed E-state index contributed by atoms with van der Waals surface area (Å²) in [4.78, 5) is 14.0. The average molecular weight is 329 g/mol. The van der Waals surface area contributed by atoms with Crippen LogP contribution in [0.5, 0.6) is 0 Å². The molecule has 1 aromatic carbocycles. The molecule has 128 valence electrons. The molecule has 1 atom stereocenters. The van der Waals surface area contributed by atoms with Crippen molar-refractivity contribution in [2.45, 2.75) is 45.4 Å². The van der Waals surface area contributed by atoms with Gasteiger partial charge in [0.2, 0.25) is 5.91 Å². The molecule has 0 saturated carbocycles. The summed E-state index contributed by atoms with van der Waals surface area (Å²) >= 11 is 0. The van der Waals surface area contributed by atoms with Crippen LogP contribution < -0.4 is 0 Å². The lowest BCUT2D eigenvalue weighted by atomic mass is 9.87. The Morgan fingerprint density at radius 2 is 2.00 bits per heavy atom. The zero-order valence-corrected chi connectivity index (χ0v) is 13.4. The van der Waals surface area contributed by atoms with Gasteiger partial charge in [0.25, 0.3) is 0 Å². The Bertz CT molecular complexity index is 569. The van der Waals surface area contributed by atoms with E-state index in [1.165, 1.54) is 18.2 Å². The van der Waals surface area contributed by atoms with Crippen LogP contribution in [0, 0.1) is 5.41 Å². The van der Waals surface area contributed by atoms with E-state index in [9.17, 15) is 23.1 Å². The summed E-state index contributed by atoms with van der Waals surface area (Å²) in [5, 5.41) is 9.88. The first-order valence-electron chi connectivity index (χ1n) is 7.69. The molecular formula is C17H22F3NO2. The number of rotatable bonds is 2. The highest BCUT2D eigenvalue weighted by Crippen LogP contribution is 2.33. The maximum atomic E-state index is 13.0. The molecule has 0 bridgehead atoms. The zero-order valence-electron chi connectivity index (χ0n) is 13.4. The molecule has 1 fully saturated rings. The van der Waals surface area contributed by atoms with Crippen LogP contribution in [0.1, 0.15) is 37.8 Å². The fraction of sp³-hybridized carbons (Fsp3) is 0.588. The highest BCUT2D eigenvalue weighted by Gasteiger charge is 2.35. The minimum Gasteiger partial charge on any atom is -0.393 e. The highest BCUT2D eigenvalue weighted by atomic mass is 19.4. The first-order valence-corrected chi connectivity index (χ1v) is 7.69. The van der Waals surface area contributed by atoms with Crippen LogP contribution in [0.3, 0.4) is 0 Å². The lowest BCUT2D eigenvalue weighted by Gasteiger charge is -2.30. The van der Waals surface area contributed by atoms with Crippen molar-refractivity contribution < 1.29 is 23.1 Å². The number of halogens is 3. The van der Waals surface area contributed by atoms with Gasteiger partial charge in [0.1, 0.15) is 0 Å². The van der Waals surface area contributed by atoms with Gasteiger partial charge in [-0.3, -0.25) is 4.79 Å². The zero-order chi connectivity index (χ0) is 17.3. The Kier molecular flexibility index (Phi) is 5.04. The van der Waals surface area contributed by atoms with Gasteiger partial charge in [0.05, 0.1) is 18.1 Å². The van der Waals surface area contributed by atoms with Gasteiger partial charge in [-0.05, 0) is 29.9 Å². The van der Waals surface area contributed by atoms with Gasteiger partial charge < -0.3 is 10.0 Å².